The van der Waals surface area contributed by atoms with Gasteiger partial charge in [0.25, 0.3) is 5.91 Å². The van der Waals surface area contributed by atoms with E-state index in [-0.39, 0.29) is 5.57 Å². The lowest BCUT2D eigenvalue weighted by atomic mass is 10.1. The van der Waals surface area contributed by atoms with Crippen LogP contribution >= 0.6 is 15.9 Å². The highest BCUT2D eigenvalue weighted by Gasteiger charge is 2.12. The molecule has 1 heterocycles. The number of carbonyl (C=O) groups is 2. The molecule has 3 aromatic rings. The van der Waals surface area contributed by atoms with E-state index >= 15 is 0 Å². The van der Waals surface area contributed by atoms with Crippen LogP contribution in [-0.2, 0) is 9.53 Å². The van der Waals surface area contributed by atoms with Crippen LogP contribution in [0.4, 0.5) is 5.69 Å². The molecule has 0 fully saturated rings. The van der Waals surface area contributed by atoms with E-state index in [1.807, 2.05) is 6.07 Å². The van der Waals surface area contributed by atoms with Gasteiger partial charge < -0.3 is 14.5 Å². The molecule has 1 N–H and O–H groups in total. The number of carbonyl (C=O) groups excluding carboxylic acids is 2. The minimum absolute atomic E-state index is 0.0881. The highest BCUT2D eigenvalue weighted by Crippen LogP contribution is 2.24. The Morgan fingerprint density at radius 3 is 2.38 bits per heavy atom. The first kappa shape index (κ1) is 20.1. The average molecular weight is 451 g/mol. The Bertz CT molecular complexity index is 1110. The predicted octanol–water partition coefficient (Wildman–Crippen LogP) is 5.04. The molecule has 3 rings (SSSR count). The summed E-state index contributed by atoms with van der Waals surface area (Å²) >= 11 is 3.32. The standard InChI is InChI=1S/C22H15BrN2O4/c1-28-22(27)15-4-2-14(3-5-15)20-11-10-19(29-20)12-16(13-24)21(26)25-18-8-6-17(23)7-9-18/h2-12H,1H3,(H,25,26)/b16-12-. The fourth-order valence-electron chi connectivity index (χ4n) is 2.50. The molecule has 1 aromatic heterocycles. The van der Waals surface area contributed by atoms with E-state index in [2.05, 4.69) is 26.0 Å². The Morgan fingerprint density at radius 1 is 1.07 bits per heavy atom. The summed E-state index contributed by atoms with van der Waals surface area (Å²) in [6.45, 7) is 0. The van der Waals surface area contributed by atoms with Gasteiger partial charge in [0.1, 0.15) is 23.2 Å². The molecule has 0 saturated heterocycles. The highest BCUT2D eigenvalue weighted by molar-refractivity contribution is 9.10. The second-order valence-electron chi connectivity index (χ2n) is 5.90. The van der Waals surface area contributed by atoms with Crippen molar-refractivity contribution in [2.45, 2.75) is 0 Å². The molecule has 0 aliphatic carbocycles. The van der Waals surface area contributed by atoms with Crippen LogP contribution in [-0.4, -0.2) is 19.0 Å². The maximum Gasteiger partial charge on any atom is 0.337 e. The van der Waals surface area contributed by atoms with Gasteiger partial charge in [0.05, 0.1) is 12.7 Å². The SMILES string of the molecule is COC(=O)c1ccc(-c2ccc(/C=C(/C#N)C(=O)Nc3ccc(Br)cc3)o2)cc1. The van der Waals surface area contributed by atoms with E-state index < -0.39 is 11.9 Å². The van der Waals surface area contributed by atoms with Crippen molar-refractivity contribution in [3.8, 4) is 17.4 Å². The molecule has 0 radical (unpaired) electrons. The quantitative estimate of drug-likeness (QED) is 0.333. The van der Waals surface area contributed by atoms with Crippen LogP contribution in [0.25, 0.3) is 17.4 Å². The fourth-order valence-corrected chi connectivity index (χ4v) is 2.76. The highest BCUT2D eigenvalue weighted by atomic mass is 79.9. The van der Waals surface area contributed by atoms with E-state index in [0.717, 1.165) is 10.0 Å². The summed E-state index contributed by atoms with van der Waals surface area (Å²) in [6.07, 6.45) is 1.38. The first-order valence-corrected chi connectivity index (χ1v) is 9.27. The van der Waals surface area contributed by atoms with Crippen LogP contribution < -0.4 is 5.32 Å². The van der Waals surface area contributed by atoms with Gasteiger partial charge in [-0.05, 0) is 48.5 Å². The number of hydrogen-bond donors (Lipinski definition) is 1. The number of amides is 1. The maximum absolute atomic E-state index is 12.3. The number of rotatable bonds is 5. The summed E-state index contributed by atoms with van der Waals surface area (Å²) in [5.41, 5.74) is 1.66. The largest absolute Gasteiger partial charge is 0.465 e. The van der Waals surface area contributed by atoms with Crippen LogP contribution in [0.5, 0.6) is 0 Å². The number of nitrogens with one attached hydrogen (secondary N) is 1. The zero-order valence-electron chi connectivity index (χ0n) is 15.3. The number of furan rings is 1. The molecule has 0 aliphatic heterocycles. The third kappa shape index (κ3) is 5.00. The first-order chi connectivity index (χ1) is 14.0. The molecule has 2 aromatic carbocycles. The molecule has 0 spiro atoms. The molecule has 6 nitrogen and oxygen atoms in total. The van der Waals surface area contributed by atoms with Crippen molar-refractivity contribution >= 4 is 39.6 Å². The van der Waals surface area contributed by atoms with Crippen molar-refractivity contribution in [2.75, 3.05) is 12.4 Å². The summed E-state index contributed by atoms with van der Waals surface area (Å²) in [5.74, 6) is -0.0527. The van der Waals surface area contributed by atoms with Gasteiger partial charge >= 0.3 is 5.97 Å². The smallest absolute Gasteiger partial charge is 0.337 e. The molecule has 1 amide bonds. The second kappa shape index (κ2) is 9.04. The van der Waals surface area contributed by atoms with Crippen molar-refractivity contribution in [3.05, 3.63) is 82.0 Å². The molecule has 0 aliphatic rings. The van der Waals surface area contributed by atoms with Gasteiger partial charge in [-0.15, -0.1) is 0 Å². The number of anilines is 1. The average Bonchev–Trinajstić information content (AvgIpc) is 3.21. The van der Waals surface area contributed by atoms with Crippen molar-refractivity contribution in [3.63, 3.8) is 0 Å². The third-order valence-corrected chi connectivity index (χ3v) is 4.50. The summed E-state index contributed by atoms with van der Waals surface area (Å²) < 4.78 is 11.3. The zero-order valence-corrected chi connectivity index (χ0v) is 16.9. The Morgan fingerprint density at radius 2 is 1.76 bits per heavy atom. The van der Waals surface area contributed by atoms with Gasteiger partial charge in [-0.1, -0.05) is 28.1 Å². The number of benzene rings is 2. The Balaban J connectivity index is 1.76. The van der Waals surface area contributed by atoms with Gasteiger partial charge in [-0.25, -0.2) is 4.79 Å². The molecule has 0 atom stereocenters. The number of ether oxygens (including phenoxy) is 1. The van der Waals surface area contributed by atoms with Crippen molar-refractivity contribution in [1.82, 2.24) is 0 Å². The van der Waals surface area contributed by atoms with Crippen LogP contribution in [0.3, 0.4) is 0 Å². The van der Waals surface area contributed by atoms with Crippen molar-refractivity contribution < 1.29 is 18.7 Å². The van der Waals surface area contributed by atoms with Crippen molar-refractivity contribution in [2.24, 2.45) is 0 Å². The molecular weight excluding hydrogens is 436 g/mol. The van der Waals surface area contributed by atoms with Crippen molar-refractivity contribution in [1.29, 1.82) is 5.26 Å². The van der Waals surface area contributed by atoms with E-state index in [9.17, 15) is 14.9 Å². The van der Waals surface area contributed by atoms with Crippen LogP contribution in [0.2, 0.25) is 0 Å². The number of esters is 1. The van der Waals surface area contributed by atoms with Crippen LogP contribution in [0.1, 0.15) is 16.1 Å². The molecule has 0 saturated carbocycles. The molecule has 29 heavy (non-hydrogen) atoms. The lowest BCUT2D eigenvalue weighted by Crippen LogP contribution is -2.13. The van der Waals surface area contributed by atoms with E-state index in [0.29, 0.717) is 22.8 Å². The van der Waals surface area contributed by atoms with Crippen LogP contribution in [0, 0.1) is 11.3 Å². The van der Waals surface area contributed by atoms with E-state index in [1.165, 1.54) is 13.2 Å². The Hall–Kier alpha value is -3.63. The fraction of sp³-hybridized carbons (Fsp3) is 0.0455. The van der Waals surface area contributed by atoms with Crippen LogP contribution in [0.15, 0.2) is 75.1 Å². The lowest BCUT2D eigenvalue weighted by molar-refractivity contribution is -0.112. The van der Waals surface area contributed by atoms with E-state index in [1.54, 1.807) is 60.7 Å². The monoisotopic (exact) mass is 450 g/mol. The molecule has 7 heteroatoms. The summed E-state index contributed by atoms with van der Waals surface area (Å²) in [7, 11) is 1.32. The first-order valence-electron chi connectivity index (χ1n) is 8.47. The minimum atomic E-state index is -0.532. The summed E-state index contributed by atoms with van der Waals surface area (Å²) in [5, 5.41) is 12.0. The third-order valence-electron chi connectivity index (χ3n) is 3.97. The number of nitriles is 1. The topological polar surface area (TPSA) is 92.3 Å². The molecular formula is C22H15BrN2O4. The number of nitrogens with zero attached hydrogens (tertiary/aromatic N) is 1. The minimum Gasteiger partial charge on any atom is -0.465 e. The van der Waals surface area contributed by atoms with Gasteiger partial charge in [0.2, 0.25) is 0 Å². The second-order valence-corrected chi connectivity index (χ2v) is 6.82. The van der Waals surface area contributed by atoms with Gasteiger partial charge in [0, 0.05) is 21.8 Å². The Kier molecular flexibility index (Phi) is 6.27. The van der Waals surface area contributed by atoms with Gasteiger partial charge in [-0.3, -0.25) is 4.79 Å². The molecule has 0 bridgehead atoms. The Labute approximate surface area is 175 Å². The maximum atomic E-state index is 12.3. The number of hydrogen-bond acceptors (Lipinski definition) is 5. The lowest BCUT2D eigenvalue weighted by Gasteiger charge is -2.04. The molecule has 0 unspecified atom stereocenters. The normalized spacial score (nSPS) is 10.9. The van der Waals surface area contributed by atoms with E-state index in [4.69, 9.17) is 4.42 Å². The summed E-state index contributed by atoms with van der Waals surface area (Å²) in [4.78, 5) is 23.8. The number of methoxy groups -OCH3 is 1. The number of halogens is 1. The molecule has 144 valence electrons. The summed E-state index contributed by atoms with van der Waals surface area (Å²) in [6, 6.07) is 19.0. The predicted molar refractivity (Wildman–Crippen MR) is 112 cm³/mol. The zero-order chi connectivity index (χ0) is 20.8. The van der Waals surface area contributed by atoms with Gasteiger partial charge in [0.15, 0.2) is 0 Å². The van der Waals surface area contributed by atoms with Gasteiger partial charge in [-0.2, -0.15) is 5.26 Å².